The molecule has 0 fully saturated rings. The molecule has 0 spiro atoms. The Bertz CT molecular complexity index is 2820. The average molecular weight is 946 g/mol. The number of fused-ring (bicyclic) bond motifs is 4. The van der Waals surface area contributed by atoms with Crippen LogP contribution in [-0.4, -0.2) is 71.2 Å². The second-order valence-corrected chi connectivity index (χ2v) is 14.9. The van der Waals surface area contributed by atoms with Crippen LogP contribution in [0.2, 0.25) is 0 Å². The van der Waals surface area contributed by atoms with Crippen molar-refractivity contribution in [1.82, 2.24) is 19.1 Å². The number of nitrogens with one attached hydrogen (secondary N) is 2. The van der Waals surface area contributed by atoms with E-state index in [0.29, 0.717) is 0 Å². The van der Waals surface area contributed by atoms with E-state index in [1.165, 1.54) is 0 Å². The molecule has 0 saturated heterocycles. The normalized spacial score (nSPS) is 10.9. The van der Waals surface area contributed by atoms with Crippen LogP contribution in [0.4, 0.5) is 22.7 Å². The summed E-state index contributed by atoms with van der Waals surface area (Å²) in [4.78, 5) is 9.48. The zero-order valence-electron chi connectivity index (χ0n) is 34.9. The smallest absolute Gasteiger partial charge is 0.759 e. The van der Waals surface area contributed by atoms with Gasteiger partial charge in [0.2, 0.25) is 10.7 Å². The molecule has 2 heterocycles. The van der Waals surface area contributed by atoms with Crippen molar-refractivity contribution in [2.75, 3.05) is 36.8 Å². The van der Waals surface area contributed by atoms with Crippen molar-refractivity contribution in [3.63, 3.8) is 0 Å². The van der Waals surface area contributed by atoms with E-state index in [2.05, 4.69) is 71.7 Å². The van der Waals surface area contributed by atoms with Crippen LogP contribution < -0.4 is 30.5 Å². The van der Waals surface area contributed by atoms with Gasteiger partial charge in [-0.25, -0.2) is 19.1 Å². The molecule has 0 aromatic heterocycles. The summed E-state index contributed by atoms with van der Waals surface area (Å²) in [6.07, 6.45) is 0. The Kier molecular flexibility index (Phi) is 18.1. The largest absolute Gasteiger partial charge is 2.00 e. The molecule has 19 heteroatoms. The molecular formula is C44H44N6O10S2Zn. The van der Waals surface area contributed by atoms with Gasteiger partial charge in [0, 0.05) is 67.8 Å². The number of nitrogens with zero attached hydrogens (tertiary/aromatic N) is 4. The van der Waals surface area contributed by atoms with Crippen molar-refractivity contribution >= 4 is 65.7 Å². The maximum atomic E-state index is 8.52. The second-order valence-electron chi connectivity index (χ2n) is 13.2. The summed E-state index contributed by atoms with van der Waals surface area (Å²) >= 11 is 0. The Morgan fingerprint density at radius 1 is 0.476 bits per heavy atom. The third-order valence-corrected chi connectivity index (χ3v) is 9.11. The predicted molar refractivity (Wildman–Crippen MR) is 234 cm³/mol. The van der Waals surface area contributed by atoms with Gasteiger partial charge in [0.1, 0.15) is 48.6 Å². The Balaban J connectivity index is 0.000000225. The summed E-state index contributed by atoms with van der Waals surface area (Å²) in [7, 11) is -10.3. The van der Waals surface area contributed by atoms with Gasteiger partial charge in [0.15, 0.2) is 22.7 Å². The molecule has 0 radical (unpaired) electrons. The molecule has 2 aliphatic heterocycles. The first kappa shape index (κ1) is 49.7. The van der Waals surface area contributed by atoms with E-state index >= 15 is 0 Å². The molecule has 324 valence electrons. The average Bonchev–Trinajstić information content (AvgIpc) is 3.23. The second kappa shape index (κ2) is 23.0. The molecule has 0 bridgehead atoms. The van der Waals surface area contributed by atoms with Crippen LogP contribution in [0, 0.1) is 0 Å². The van der Waals surface area contributed by atoms with Crippen molar-refractivity contribution in [2.24, 2.45) is 0 Å². The van der Waals surface area contributed by atoms with Crippen molar-refractivity contribution in [1.29, 1.82) is 0 Å². The molecule has 2 N–H and O–H groups in total. The third kappa shape index (κ3) is 15.7. The summed E-state index contributed by atoms with van der Waals surface area (Å²) in [5.74, 6) is 1.61. The van der Waals surface area contributed by atoms with E-state index in [9.17, 15) is 0 Å². The van der Waals surface area contributed by atoms with E-state index in [4.69, 9.17) is 53.8 Å². The molecule has 4 aromatic rings. The monoisotopic (exact) mass is 944 g/mol. The summed E-state index contributed by atoms with van der Waals surface area (Å²) in [5.41, 5.74) is 9.05. The first-order valence-electron chi connectivity index (χ1n) is 19.4. The molecule has 0 atom stereocenters. The number of hydrogen-bond acceptors (Lipinski definition) is 14. The van der Waals surface area contributed by atoms with Crippen molar-refractivity contribution in [3.8, 4) is 22.9 Å². The van der Waals surface area contributed by atoms with Crippen LogP contribution in [0.5, 0.6) is 0 Å². The number of para-hydroxylation sites is 2. The van der Waals surface area contributed by atoms with Crippen molar-refractivity contribution in [3.05, 3.63) is 144 Å². The fraction of sp³-hybridized carbons (Fsp3) is 0.182. The van der Waals surface area contributed by atoms with Gasteiger partial charge in [-0.15, -0.1) is 0 Å². The Labute approximate surface area is 377 Å². The molecule has 16 nitrogen and oxygen atoms in total. The predicted octanol–water partition coefficient (Wildman–Crippen LogP) is 6.30. The number of hydrogen-bond donors (Lipinski definition) is 2. The van der Waals surface area contributed by atoms with Crippen LogP contribution in [0.1, 0.15) is 27.7 Å². The van der Waals surface area contributed by atoms with E-state index in [-0.39, 0.29) is 19.5 Å². The minimum Gasteiger partial charge on any atom is -0.759 e. The van der Waals surface area contributed by atoms with Gasteiger partial charge < -0.3 is 37.7 Å². The van der Waals surface area contributed by atoms with Crippen LogP contribution in [0.25, 0.3) is 45.1 Å². The Morgan fingerprint density at radius 2 is 0.810 bits per heavy atom. The molecule has 63 heavy (non-hydrogen) atoms. The van der Waals surface area contributed by atoms with Gasteiger partial charge >= 0.3 is 19.5 Å². The quantitative estimate of drug-likeness (QED) is 0.0559. The molecule has 4 aliphatic rings. The van der Waals surface area contributed by atoms with E-state index in [1.807, 2.05) is 109 Å². The third-order valence-electron chi connectivity index (χ3n) is 9.11. The summed E-state index contributed by atoms with van der Waals surface area (Å²) in [5, 5.41) is 9.11. The number of rotatable bonds is 8. The Morgan fingerprint density at radius 3 is 1.13 bits per heavy atom. The first-order valence-corrected chi connectivity index (χ1v) is 22.0. The minimum atomic E-state index is -5.17. The molecule has 0 unspecified atom stereocenters. The molecule has 0 saturated carbocycles. The fourth-order valence-corrected chi connectivity index (χ4v) is 6.33. The van der Waals surface area contributed by atoms with Crippen LogP contribution in [0.3, 0.4) is 0 Å². The van der Waals surface area contributed by atoms with E-state index < -0.39 is 20.8 Å². The zero-order chi connectivity index (χ0) is 44.9. The molecule has 4 aromatic carbocycles. The van der Waals surface area contributed by atoms with Crippen molar-refractivity contribution < 1.29 is 63.4 Å². The zero-order valence-corrected chi connectivity index (χ0v) is 39.5. The molecule has 2 aliphatic carbocycles. The maximum absolute atomic E-state index is 8.52. The summed E-state index contributed by atoms with van der Waals surface area (Å²) in [6, 6.07) is 44.6. The van der Waals surface area contributed by atoms with Crippen LogP contribution in [0.15, 0.2) is 142 Å². The number of anilines is 4. The molecular weight excluding hydrogens is 902 g/mol. The molecule has 8 rings (SSSR count). The van der Waals surface area contributed by atoms with Crippen LogP contribution >= 0.6 is 0 Å². The summed E-state index contributed by atoms with van der Waals surface area (Å²) in [6.45, 7) is 12.5. The SMILES string of the molecule is CC[N+](CC)=c1ccc2nc3ccc(Nc4ccccc4)cc3oc-2c1.CC[N+](CC)=c1ccc2nc3ccc(Nc4ccccc4)cc3oc-2c1.O=S(=O)([O-])[O-].O=S(=O)([O-])[O-].[Zn+2]. The Hall–Kier alpha value is -5.92. The fourth-order valence-electron chi connectivity index (χ4n) is 6.33. The van der Waals surface area contributed by atoms with Crippen LogP contribution in [-0.2, 0) is 40.3 Å². The van der Waals surface area contributed by atoms with Gasteiger partial charge in [-0.1, -0.05) is 36.4 Å². The van der Waals surface area contributed by atoms with Gasteiger partial charge in [-0.2, -0.15) is 0 Å². The minimum absolute atomic E-state index is 0. The van der Waals surface area contributed by atoms with Gasteiger partial charge in [0.05, 0.1) is 12.1 Å². The van der Waals surface area contributed by atoms with Gasteiger partial charge in [-0.05, 0) is 88.4 Å². The number of benzene rings is 6. The first-order chi connectivity index (χ1) is 29.5. The molecule has 0 amide bonds. The van der Waals surface area contributed by atoms with E-state index in [1.54, 1.807) is 0 Å². The summed E-state index contributed by atoms with van der Waals surface area (Å²) < 4.78 is 85.1. The van der Waals surface area contributed by atoms with E-state index in [0.717, 1.165) is 105 Å². The maximum Gasteiger partial charge on any atom is 2.00 e. The van der Waals surface area contributed by atoms with Gasteiger partial charge in [0.25, 0.3) is 0 Å². The standard InChI is InChI=1S/2C22H21N3O.2H2O4S.Zn/c2*1-3-25(4-2)18-11-13-20-22(15-18)26-21-14-17(10-12-19(21)24-20)23-16-8-6-5-7-9-16;2*1-5(2,3)4;/h2*5-15H,3-4H2,1-2H3;2*(H2,1,2,3,4);/q;;;;+2/p-2. The topological polar surface area (TPSA) is 243 Å². The number of aromatic nitrogens is 2. The van der Waals surface area contributed by atoms with Crippen molar-refractivity contribution in [2.45, 2.75) is 27.7 Å². The van der Waals surface area contributed by atoms with Gasteiger partial charge in [-0.3, -0.25) is 16.8 Å².